The van der Waals surface area contributed by atoms with Gasteiger partial charge in [-0.05, 0) is 46.7 Å². The quantitative estimate of drug-likeness (QED) is 0.823. The molecule has 0 aromatic heterocycles. The maximum absolute atomic E-state index is 5.73. The molecular formula is C12H20INO. The summed E-state index contributed by atoms with van der Waals surface area (Å²) in [6.45, 7) is 5.27. The van der Waals surface area contributed by atoms with Gasteiger partial charge in [-0.25, -0.2) is 0 Å². The number of hydrogen-bond donors (Lipinski definition) is 1. The Kier molecular flexibility index (Phi) is 7.78. The third-order valence-corrected chi connectivity index (χ3v) is 3.11. The highest BCUT2D eigenvalue weighted by Gasteiger charge is 2.04. The lowest BCUT2D eigenvalue weighted by atomic mass is 10.1. The zero-order valence-corrected chi connectivity index (χ0v) is 11.7. The van der Waals surface area contributed by atoms with E-state index in [1.807, 2.05) is 12.1 Å². The summed E-state index contributed by atoms with van der Waals surface area (Å²) in [6.07, 6.45) is 2.39. The predicted octanol–water partition coefficient (Wildman–Crippen LogP) is 4.27. The molecule has 0 fully saturated rings. The van der Waals surface area contributed by atoms with E-state index in [0.29, 0.717) is 5.92 Å². The largest absolute Gasteiger partial charge is 0.493 e. The van der Waals surface area contributed by atoms with E-state index >= 15 is 0 Å². The van der Waals surface area contributed by atoms with Gasteiger partial charge in [0.05, 0.1) is 6.61 Å². The van der Waals surface area contributed by atoms with Gasteiger partial charge in [0, 0.05) is 3.57 Å². The van der Waals surface area contributed by atoms with E-state index in [-0.39, 0.29) is 6.15 Å². The van der Waals surface area contributed by atoms with Crippen molar-refractivity contribution in [2.45, 2.75) is 26.7 Å². The normalized spacial score (nSPS) is 9.87. The molecular weight excluding hydrogens is 301 g/mol. The molecule has 15 heavy (non-hydrogen) atoms. The molecule has 0 saturated heterocycles. The molecule has 0 radical (unpaired) electrons. The zero-order chi connectivity index (χ0) is 10.4. The standard InChI is InChI=1S/C12H17IO.H3N/c1-3-10(4-2)9-14-12-7-5-6-11(13)8-12;/h5-8,10H,3-4,9H2,1-2H3;1H3. The van der Waals surface area contributed by atoms with Gasteiger partial charge in [0.25, 0.3) is 0 Å². The first kappa shape index (κ1) is 14.7. The van der Waals surface area contributed by atoms with Gasteiger partial charge < -0.3 is 10.9 Å². The van der Waals surface area contributed by atoms with Crippen molar-refractivity contribution in [3.63, 3.8) is 0 Å². The summed E-state index contributed by atoms with van der Waals surface area (Å²) in [7, 11) is 0. The van der Waals surface area contributed by atoms with E-state index in [4.69, 9.17) is 4.74 Å². The van der Waals surface area contributed by atoms with E-state index in [0.717, 1.165) is 12.4 Å². The van der Waals surface area contributed by atoms with E-state index < -0.39 is 0 Å². The van der Waals surface area contributed by atoms with E-state index in [1.54, 1.807) is 0 Å². The molecule has 0 spiro atoms. The van der Waals surface area contributed by atoms with Crippen LogP contribution in [0.1, 0.15) is 26.7 Å². The Morgan fingerprint density at radius 3 is 2.47 bits per heavy atom. The molecule has 0 amide bonds. The van der Waals surface area contributed by atoms with Crippen molar-refractivity contribution in [2.75, 3.05) is 6.61 Å². The van der Waals surface area contributed by atoms with Gasteiger partial charge in [0.2, 0.25) is 0 Å². The highest BCUT2D eigenvalue weighted by atomic mass is 127. The summed E-state index contributed by atoms with van der Waals surface area (Å²) < 4.78 is 6.95. The molecule has 0 heterocycles. The lowest BCUT2D eigenvalue weighted by Gasteiger charge is -2.13. The third-order valence-electron chi connectivity index (χ3n) is 2.44. The summed E-state index contributed by atoms with van der Waals surface area (Å²) >= 11 is 2.30. The number of halogens is 1. The predicted molar refractivity (Wildman–Crippen MR) is 73.7 cm³/mol. The van der Waals surface area contributed by atoms with Gasteiger partial charge in [-0.1, -0.05) is 32.8 Å². The van der Waals surface area contributed by atoms with Crippen molar-refractivity contribution in [2.24, 2.45) is 5.92 Å². The minimum Gasteiger partial charge on any atom is -0.493 e. The second-order valence-electron chi connectivity index (χ2n) is 3.45. The van der Waals surface area contributed by atoms with Gasteiger partial charge in [-0.3, -0.25) is 0 Å². The Balaban J connectivity index is 0.00000196. The lowest BCUT2D eigenvalue weighted by Crippen LogP contribution is -2.09. The second-order valence-corrected chi connectivity index (χ2v) is 4.70. The van der Waals surface area contributed by atoms with Gasteiger partial charge in [-0.2, -0.15) is 0 Å². The van der Waals surface area contributed by atoms with Crippen LogP contribution >= 0.6 is 22.6 Å². The average molecular weight is 321 g/mol. The van der Waals surface area contributed by atoms with Crippen molar-refractivity contribution in [1.82, 2.24) is 6.15 Å². The smallest absolute Gasteiger partial charge is 0.120 e. The fourth-order valence-corrected chi connectivity index (χ4v) is 1.81. The first-order valence-electron chi connectivity index (χ1n) is 5.14. The molecule has 1 rings (SSSR count). The van der Waals surface area contributed by atoms with Crippen molar-refractivity contribution in [3.8, 4) is 5.75 Å². The summed E-state index contributed by atoms with van der Waals surface area (Å²) in [4.78, 5) is 0. The van der Waals surface area contributed by atoms with E-state index in [2.05, 4.69) is 48.6 Å². The van der Waals surface area contributed by atoms with Gasteiger partial charge in [-0.15, -0.1) is 0 Å². The molecule has 0 aliphatic carbocycles. The minimum absolute atomic E-state index is 0. The Hall–Kier alpha value is -0.290. The molecule has 0 aliphatic rings. The van der Waals surface area contributed by atoms with Crippen molar-refractivity contribution >= 4 is 22.6 Å². The van der Waals surface area contributed by atoms with Crippen molar-refractivity contribution in [3.05, 3.63) is 27.8 Å². The minimum atomic E-state index is 0. The highest BCUT2D eigenvalue weighted by molar-refractivity contribution is 14.1. The summed E-state index contributed by atoms with van der Waals surface area (Å²) in [6, 6.07) is 8.20. The van der Waals surface area contributed by atoms with E-state index in [1.165, 1.54) is 16.4 Å². The SMILES string of the molecule is CCC(CC)COc1cccc(I)c1.N. The monoisotopic (exact) mass is 321 g/mol. The molecule has 86 valence electrons. The number of hydrogen-bond acceptors (Lipinski definition) is 2. The summed E-state index contributed by atoms with van der Waals surface area (Å²) in [5, 5.41) is 0. The van der Waals surface area contributed by atoms with E-state index in [9.17, 15) is 0 Å². The van der Waals surface area contributed by atoms with Crippen LogP contribution in [0.25, 0.3) is 0 Å². The first-order valence-corrected chi connectivity index (χ1v) is 6.22. The Morgan fingerprint density at radius 2 is 1.93 bits per heavy atom. The Morgan fingerprint density at radius 1 is 1.27 bits per heavy atom. The molecule has 0 unspecified atom stereocenters. The molecule has 1 aromatic rings. The van der Waals surface area contributed by atoms with Crippen LogP contribution in [0.3, 0.4) is 0 Å². The molecule has 0 saturated carbocycles. The molecule has 3 heteroatoms. The molecule has 0 atom stereocenters. The number of rotatable bonds is 5. The topological polar surface area (TPSA) is 44.2 Å². The van der Waals surface area contributed by atoms with Crippen LogP contribution in [0.2, 0.25) is 0 Å². The number of ether oxygens (including phenoxy) is 1. The maximum atomic E-state index is 5.73. The first-order chi connectivity index (χ1) is 6.76. The van der Waals surface area contributed by atoms with Crippen LogP contribution in [0.4, 0.5) is 0 Å². The van der Waals surface area contributed by atoms with Gasteiger partial charge in [0.1, 0.15) is 5.75 Å². The molecule has 3 N–H and O–H groups in total. The summed E-state index contributed by atoms with van der Waals surface area (Å²) in [5.41, 5.74) is 0. The van der Waals surface area contributed by atoms with Crippen molar-refractivity contribution < 1.29 is 4.74 Å². The summed E-state index contributed by atoms with van der Waals surface area (Å²) in [5.74, 6) is 1.68. The third kappa shape index (κ3) is 5.37. The van der Waals surface area contributed by atoms with Crippen LogP contribution in [0, 0.1) is 9.49 Å². The van der Waals surface area contributed by atoms with Crippen LogP contribution in [0.5, 0.6) is 5.75 Å². The zero-order valence-electron chi connectivity index (χ0n) is 9.50. The highest BCUT2D eigenvalue weighted by Crippen LogP contribution is 2.17. The fraction of sp³-hybridized carbons (Fsp3) is 0.500. The molecule has 2 nitrogen and oxygen atoms in total. The van der Waals surface area contributed by atoms with Crippen molar-refractivity contribution in [1.29, 1.82) is 0 Å². The number of benzene rings is 1. The van der Waals surface area contributed by atoms with Gasteiger partial charge >= 0.3 is 0 Å². The average Bonchev–Trinajstić information content (AvgIpc) is 2.19. The van der Waals surface area contributed by atoms with Crippen LogP contribution in [-0.2, 0) is 0 Å². The molecule has 0 bridgehead atoms. The van der Waals surface area contributed by atoms with Crippen LogP contribution in [0.15, 0.2) is 24.3 Å². The maximum Gasteiger partial charge on any atom is 0.120 e. The molecule has 0 aliphatic heterocycles. The second kappa shape index (κ2) is 7.93. The lowest BCUT2D eigenvalue weighted by molar-refractivity contribution is 0.240. The van der Waals surface area contributed by atoms with Crippen LogP contribution in [-0.4, -0.2) is 6.61 Å². The Bertz CT molecular complexity index is 274. The fourth-order valence-electron chi connectivity index (χ4n) is 1.30. The molecule has 1 aromatic carbocycles. The Labute approximate surface area is 106 Å². The van der Waals surface area contributed by atoms with Gasteiger partial charge in [0.15, 0.2) is 0 Å². The van der Waals surface area contributed by atoms with Crippen LogP contribution < -0.4 is 10.9 Å².